The zero-order valence-corrected chi connectivity index (χ0v) is 47.8. The lowest BCUT2D eigenvalue weighted by molar-refractivity contribution is 0.122. The SMILES string of the molecule is CCCc1ncc(CN2CCC(c3cc(=O)[nH]c(N4CCOCC4)n3)CC2)cn1.COc1ncc(CN2CCC(c3cc(=O)[nH]c(N4CCOCC4)n3)CC2)cn1.O=c1cc(C2CCN(Cc3cccnc3)CC2)nc(N2CCCC2)[nH]1. The van der Waals surface area contributed by atoms with Gasteiger partial charge in [0.25, 0.3) is 16.7 Å². The van der Waals surface area contributed by atoms with E-state index in [-0.39, 0.29) is 16.7 Å². The Morgan fingerprint density at radius 2 is 0.902 bits per heavy atom. The lowest BCUT2D eigenvalue weighted by Gasteiger charge is -2.32. The summed E-state index contributed by atoms with van der Waals surface area (Å²) in [4.78, 5) is 94.6. The van der Waals surface area contributed by atoms with Gasteiger partial charge in [-0.05, 0) is 109 Å². The van der Waals surface area contributed by atoms with Crippen molar-refractivity contribution in [3.05, 3.63) is 138 Å². The summed E-state index contributed by atoms with van der Waals surface area (Å²) in [6.45, 7) is 18.5. The number of pyridine rings is 1. The molecule has 6 aromatic rings. The number of aromatic amines is 3. The summed E-state index contributed by atoms with van der Waals surface area (Å²) < 4.78 is 15.8. The zero-order valence-electron chi connectivity index (χ0n) is 47.8. The molecular weight excluding hydrogens is 1040 g/mol. The van der Waals surface area contributed by atoms with Crippen molar-refractivity contribution in [1.29, 1.82) is 0 Å². The zero-order chi connectivity index (χ0) is 56.5. The topological polar surface area (TPSA) is 249 Å². The minimum Gasteiger partial charge on any atom is -0.467 e. The van der Waals surface area contributed by atoms with E-state index < -0.39 is 0 Å². The van der Waals surface area contributed by atoms with Crippen LogP contribution in [0.5, 0.6) is 6.01 Å². The summed E-state index contributed by atoms with van der Waals surface area (Å²) in [6.07, 6.45) is 21.7. The van der Waals surface area contributed by atoms with Crippen LogP contribution in [-0.4, -0.2) is 182 Å². The highest BCUT2D eigenvalue weighted by molar-refractivity contribution is 5.34. The van der Waals surface area contributed by atoms with Gasteiger partial charge in [-0.1, -0.05) is 13.0 Å². The fourth-order valence-corrected chi connectivity index (χ4v) is 11.7. The molecule has 438 valence electrons. The Labute approximate surface area is 479 Å². The number of hydrogen-bond donors (Lipinski definition) is 3. The first-order valence-electron chi connectivity index (χ1n) is 29.6. The summed E-state index contributed by atoms with van der Waals surface area (Å²) in [6, 6.07) is 9.52. The molecular formula is C59H81N17O6. The van der Waals surface area contributed by atoms with Crippen LogP contribution in [0.4, 0.5) is 17.8 Å². The minimum atomic E-state index is -0.0793. The van der Waals surface area contributed by atoms with Crippen LogP contribution in [0, 0.1) is 0 Å². The van der Waals surface area contributed by atoms with Crippen LogP contribution in [0.3, 0.4) is 0 Å². The van der Waals surface area contributed by atoms with Crippen LogP contribution in [0.25, 0.3) is 0 Å². The first-order valence-corrected chi connectivity index (χ1v) is 29.6. The van der Waals surface area contributed by atoms with Crippen LogP contribution in [0.2, 0.25) is 0 Å². The van der Waals surface area contributed by atoms with Crippen molar-refractivity contribution in [2.24, 2.45) is 0 Å². The predicted octanol–water partition coefficient (Wildman–Crippen LogP) is 4.66. The largest absolute Gasteiger partial charge is 0.467 e. The van der Waals surface area contributed by atoms with Gasteiger partial charge in [0, 0.05) is 150 Å². The van der Waals surface area contributed by atoms with Crippen molar-refractivity contribution >= 4 is 17.8 Å². The molecule has 12 heterocycles. The highest BCUT2D eigenvalue weighted by atomic mass is 16.5. The molecule has 0 unspecified atom stereocenters. The molecule has 6 aliphatic rings. The maximum atomic E-state index is 12.2. The van der Waals surface area contributed by atoms with Crippen molar-refractivity contribution in [3.63, 3.8) is 0 Å². The monoisotopic (exact) mass is 1120 g/mol. The maximum Gasteiger partial charge on any atom is 0.316 e. The maximum absolute atomic E-state index is 12.2. The van der Waals surface area contributed by atoms with Gasteiger partial charge in [0.1, 0.15) is 5.82 Å². The highest BCUT2D eigenvalue weighted by Gasteiger charge is 2.27. The van der Waals surface area contributed by atoms with E-state index in [1.807, 2.05) is 43.2 Å². The van der Waals surface area contributed by atoms with Gasteiger partial charge < -0.3 is 28.9 Å². The number of aromatic nitrogens is 11. The first-order chi connectivity index (χ1) is 40.2. The van der Waals surface area contributed by atoms with E-state index in [9.17, 15) is 14.4 Å². The van der Waals surface area contributed by atoms with E-state index in [1.54, 1.807) is 25.3 Å². The number of hydrogen-bond acceptors (Lipinski definition) is 20. The third-order valence-corrected chi connectivity index (χ3v) is 16.3. The van der Waals surface area contributed by atoms with Gasteiger partial charge in [-0.3, -0.25) is 49.0 Å². The van der Waals surface area contributed by atoms with Crippen molar-refractivity contribution in [3.8, 4) is 6.01 Å². The van der Waals surface area contributed by atoms with E-state index in [1.165, 1.54) is 18.4 Å². The van der Waals surface area contributed by atoms with E-state index in [0.717, 1.165) is 190 Å². The van der Waals surface area contributed by atoms with E-state index in [4.69, 9.17) is 29.2 Å². The molecule has 0 spiro atoms. The molecule has 0 aliphatic carbocycles. The number of H-pyrrole nitrogens is 3. The summed E-state index contributed by atoms with van der Waals surface area (Å²) in [5.41, 5.74) is 6.10. The highest BCUT2D eigenvalue weighted by Crippen LogP contribution is 2.31. The van der Waals surface area contributed by atoms with Gasteiger partial charge in [0.15, 0.2) is 0 Å². The number of piperidine rings is 3. The number of morpholine rings is 2. The number of ether oxygens (including phenoxy) is 3. The predicted molar refractivity (Wildman–Crippen MR) is 313 cm³/mol. The molecule has 6 saturated heterocycles. The summed E-state index contributed by atoms with van der Waals surface area (Å²) >= 11 is 0. The molecule has 3 N–H and O–H groups in total. The lowest BCUT2D eigenvalue weighted by Crippen LogP contribution is -2.39. The average molecular weight is 1120 g/mol. The number of rotatable bonds is 15. The van der Waals surface area contributed by atoms with Crippen molar-refractivity contribution in [1.82, 2.24) is 69.5 Å². The molecule has 12 rings (SSSR count). The van der Waals surface area contributed by atoms with Crippen LogP contribution in [0.15, 0.2) is 81.9 Å². The molecule has 0 saturated carbocycles. The van der Waals surface area contributed by atoms with Crippen LogP contribution >= 0.6 is 0 Å². The molecule has 0 atom stereocenters. The number of methoxy groups -OCH3 is 1. The molecule has 6 fully saturated rings. The van der Waals surface area contributed by atoms with Crippen molar-refractivity contribution in [2.75, 3.05) is 127 Å². The number of likely N-dealkylation sites (tertiary alicyclic amines) is 3. The number of nitrogens with zero attached hydrogens (tertiary/aromatic N) is 14. The van der Waals surface area contributed by atoms with Gasteiger partial charge in [0.2, 0.25) is 17.8 Å². The Hall–Kier alpha value is -7.05. The quantitative estimate of drug-likeness (QED) is 0.127. The van der Waals surface area contributed by atoms with E-state index in [2.05, 4.69) is 82.3 Å². The number of aryl methyl sites for hydroxylation is 1. The minimum absolute atomic E-state index is 0.0234. The fraction of sp³-hybridized carbons (Fsp3) is 0.576. The van der Waals surface area contributed by atoms with Crippen LogP contribution in [-0.2, 0) is 35.5 Å². The Kier molecular flexibility index (Phi) is 20.8. The first kappa shape index (κ1) is 58.2. The molecule has 82 heavy (non-hydrogen) atoms. The Morgan fingerprint density at radius 1 is 0.512 bits per heavy atom. The van der Waals surface area contributed by atoms with E-state index in [0.29, 0.717) is 62.1 Å². The van der Waals surface area contributed by atoms with Gasteiger partial charge in [-0.15, -0.1) is 0 Å². The fourth-order valence-electron chi connectivity index (χ4n) is 11.7. The molecule has 23 heteroatoms. The van der Waals surface area contributed by atoms with E-state index >= 15 is 0 Å². The van der Waals surface area contributed by atoms with Gasteiger partial charge >= 0.3 is 6.01 Å². The average Bonchev–Trinajstić information content (AvgIpc) is 4.22. The van der Waals surface area contributed by atoms with Gasteiger partial charge in [0.05, 0.1) is 50.6 Å². The van der Waals surface area contributed by atoms with Crippen molar-refractivity contribution in [2.45, 2.75) is 109 Å². The number of nitrogens with one attached hydrogen (secondary N) is 3. The van der Waals surface area contributed by atoms with Crippen LogP contribution in [0.1, 0.15) is 122 Å². The normalized spacial score (nSPS) is 19.1. The molecule has 6 aromatic heterocycles. The molecule has 0 bridgehead atoms. The summed E-state index contributed by atoms with van der Waals surface area (Å²) in [5, 5.41) is 0. The number of anilines is 3. The van der Waals surface area contributed by atoms with Gasteiger partial charge in [-0.2, -0.15) is 0 Å². The molecule has 0 amide bonds. The Balaban J connectivity index is 0.000000138. The van der Waals surface area contributed by atoms with Crippen molar-refractivity contribution < 1.29 is 14.2 Å². The lowest BCUT2D eigenvalue weighted by atomic mass is 9.93. The second kappa shape index (κ2) is 29.3. The van der Waals surface area contributed by atoms with Gasteiger partial charge in [-0.25, -0.2) is 34.9 Å². The second-order valence-corrected chi connectivity index (χ2v) is 22.2. The standard InChI is InChI=1S/C21H30N6O2.C19H26N6O3.C19H25N5O/c1-2-3-19-22-13-16(14-23-19)15-26-6-4-17(5-7-26)18-12-20(28)25-21(24-18)27-8-10-29-11-9-27;1-27-19-20-11-14(12-21-19)13-24-4-2-15(3-5-24)16-10-17(26)23-18(22-16)25-6-8-28-9-7-25;25-18-12-17(21-19(22-18)24-8-1-2-9-24)16-5-10-23(11-6-16)14-15-4-3-7-20-13-15/h12-14,17H,2-11,15H2,1H3,(H,24,25,28);10-12,15H,2-9,13H2,1H3,(H,22,23,26);3-4,7,12-13,16H,1-2,5-6,8-11,14H2,(H,21,22,25). The van der Waals surface area contributed by atoms with Crippen LogP contribution < -0.4 is 36.1 Å². The third-order valence-electron chi connectivity index (χ3n) is 16.3. The molecule has 6 aliphatic heterocycles. The molecule has 0 radical (unpaired) electrons. The molecule has 23 nitrogen and oxygen atoms in total. The summed E-state index contributed by atoms with van der Waals surface area (Å²) in [5.74, 6) is 4.06. The third kappa shape index (κ3) is 16.6. The molecule has 0 aromatic carbocycles. The smallest absolute Gasteiger partial charge is 0.316 e. The Bertz CT molecular complexity index is 3070. The summed E-state index contributed by atoms with van der Waals surface area (Å²) in [7, 11) is 1.56. The second-order valence-electron chi connectivity index (χ2n) is 22.2. The Morgan fingerprint density at radius 3 is 1.28 bits per heavy atom.